The number of benzene rings is 2. The van der Waals surface area contributed by atoms with Gasteiger partial charge >= 0.3 is 12.0 Å². The SMILES string of the molecule is CCOC(=O)C1C=NCCc2c1n(C(=O)Nc1ccc(F)c(Cl)c1)c1ccccc21. The van der Waals surface area contributed by atoms with Crippen LogP contribution in [-0.4, -0.2) is 35.9 Å². The van der Waals surface area contributed by atoms with E-state index in [1.165, 1.54) is 22.8 Å². The summed E-state index contributed by atoms with van der Waals surface area (Å²) in [4.78, 5) is 30.3. The number of hydrogen-bond donors (Lipinski definition) is 1. The lowest BCUT2D eigenvalue weighted by Crippen LogP contribution is -2.27. The van der Waals surface area contributed by atoms with Crippen LogP contribution in [0.15, 0.2) is 47.5 Å². The predicted octanol–water partition coefficient (Wildman–Crippen LogP) is 4.79. The van der Waals surface area contributed by atoms with Crippen LogP contribution in [0.2, 0.25) is 5.02 Å². The van der Waals surface area contributed by atoms with E-state index in [2.05, 4.69) is 10.3 Å². The Morgan fingerprint density at radius 2 is 2.10 bits per heavy atom. The molecule has 0 saturated carbocycles. The third kappa shape index (κ3) is 3.57. The Balaban J connectivity index is 1.86. The summed E-state index contributed by atoms with van der Waals surface area (Å²) in [5.41, 5.74) is 2.42. The number of ether oxygens (including phenoxy) is 1. The number of para-hydroxylation sites is 1. The Kier molecular flexibility index (Phi) is 5.55. The van der Waals surface area contributed by atoms with Crippen molar-refractivity contribution in [2.45, 2.75) is 19.3 Å². The molecule has 154 valence electrons. The number of halogens is 2. The van der Waals surface area contributed by atoms with Gasteiger partial charge in [0.15, 0.2) is 0 Å². The molecule has 8 heteroatoms. The van der Waals surface area contributed by atoms with Gasteiger partial charge in [-0.1, -0.05) is 29.8 Å². The molecular formula is C22H19ClFN3O3. The Labute approximate surface area is 177 Å². The minimum absolute atomic E-state index is 0.0967. The second kappa shape index (κ2) is 8.28. The summed E-state index contributed by atoms with van der Waals surface area (Å²) >= 11 is 5.84. The standard InChI is InChI=1S/C22H19ClFN3O3/c1-2-30-21(28)16-12-25-10-9-15-14-5-3-4-6-19(14)27(20(15)16)22(29)26-13-7-8-18(24)17(23)11-13/h3-8,11-12,16H,2,9-10H2,1H3,(H,26,29). The van der Waals surface area contributed by atoms with Gasteiger partial charge < -0.3 is 10.1 Å². The van der Waals surface area contributed by atoms with E-state index in [-0.39, 0.29) is 11.6 Å². The molecule has 1 aliphatic heterocycles. The van der Waals surface area contributed by atoms with Gasteiger partial charge in [0, 0.05) is 23.8 Å². The fraction of sp³-hybridized carbons (Fsp3) is 0.227. The van der Waals surface area contributed by atoms with Crippen LogP contribution in [0.3, 0.4) is 0 Å². The topological polar surface area (TPSA) is 72.7 Å². The van der Waals surface area contributed by atoms with E-state index in [0.717, 1.165) is 10.9 Å². The van der Waals surface area contributed by atoms with Gasteiger partial charge in [0.05, 0.1) is 22.8 Å². The fourth-order valence-electron chi connectivity index (χ4n) is 3.72. The van der Waals surface area contributed by atoms with Crippen molar-refractivity contribution in [3.8, 4) is 0 Å². The molecule has 4 rings (SSSR count). The van der Waals surface area contributed by atoms with Crippen molar-refractivity contribution in [3.63, 3.8) is 0 Å². The van der Waals surface area contributed by atoms with Crippen LogP contribution in [-0.2, 0) is 16.0 Å². The van der Waals surface area contributed by atoms with Crippen molar-refractivity contribution in [1.29, 1.82) is 0 Å². The molecule has 6 nitrogen and oxygen atoms in total. The van der Waals surface area contributed by atoms with E-state index in [4.69, 9.17) is 16.3 Å². The number of carbonyl (C=O) groups excluding carboxylic acids is 2. The van der Waals surface area contributed by atoms with Crippen molar-refractivity contribution in [2.75, 3.05) is 18.5 Å². The van der Waals surface area contributed by atoms with Crippen LogP contribution in [0.1, 0.15) is 24.1 Å². The zero-order valence-electron chi connectivity index (χ0n) is 16.2. The molecular weight excluding hydrogens is 409 g/mol. The zero-order chi connectivity index (χ0) is 21.3. The molecule has 0 saturated heterocycles. The summed E-state index contributed by atoms with van der Waals surface area (Å²) in [6.07, 6.45) is 2.13. The number of amides is 1. The van der Waals surface area contributed by atoms with E-state index < -0.39 is 23.7 Å². The number of esters is 1. The van der Waals surface area contributed by atoms with Crippen molar-refractivity contribution in [2.24, 2.45) is 4.99 Å². The largest absolute Gasteiger partial charge is 0.465 e. The van der Waals surface area contributed by atoms with Crippen LogP contribution in [0.5, 0.6) is 0 Å². The van der Waals surface area contributed by atoms with Crippen molar-refractivity contribution >= 4 is 46.4 Å². The molecule has 0 fully saturated rings. The number of rotatable bonds is 3. The van der Waals surface area contributed by atoms with E-state index in [0.29, 0.717) is 29.9 Å². The number of anilines is 1. The molecule has 3 aromatic rings. The monoisotopic (exact) mass is 427 g/mol. The molecule has 2 heterocycles. The fourth-order valence-corrected chi connectivity index (χ4v) is 3.90. The van der Waals surface area contributed by atoms with Crippen LogP contribution >= 0.6 is 11.6 Å². The van der Waals surface area contributed by atoms with Gasteiger partial charge in [0.1, 0.15) is 11.7 Å². The second-order valence-corrected chi connectivity index (χ2v) is 7.22. The molecule has 1 N–H and O–H groups in total. The molecule has 1 unspecified atom stereocenters. The van der Waals surface area contributed by atoms with Crippen molar-refractivity contribution in [3.05, 3.63) is 64.6 Å². The number of carbonyl (C=O) groups is 2. The first kappa shape index (κ1) is 20.1. The molecule has 1 amide bonds. The number of nitrogens with one attached hydrogen (secondary N) is 1. The average molecular weight is 428 g/mol. The van der Waals surface area contributed by atoms with Crippen LogP contribution < -0.4 is 5.32 Å². The quantitative estimate of drug-likeness (QED) is 0.611. The number of aliphatic imine (C=N–C) groups is 1. The van der Waals surface area contributed by atoms with Crippen molar-refractivity contribution < 1.29 is 18.7 Å². The number of aromatic nitrogens is 1. The van der Waals surface area contributed by atoms with Gasteiger partial charge in [0.2, 0.25) is 0 Å². The maximum Gasteiger partial charge on any atom is 0.330 e. The molecule has 1 aliphatic rings. The molecule has 1 atom stereocenters. The normalized spacial score (nSPS) is 15.5. The molecule has 0 bridgehead atoms. The summed E-state index contributed by atoms with van der Waals surface area (Å²) in [6.45, 7) is 2.46. The lowest BCUT2D eigenvalue weighted by atomic mass is 10.00. The van der Waals surface area contributed by atoms with E-state index in [1.807, 2.05) is 24.3 Å². The maximum absolute atomic E-state index is 13.5. The Bertz CT molecular complexity index is 1170. The average Bonchev–Trinajstić information content (AvgIpc) is 2.89. The van der Waals surface area contributed by atoms with Crippen molar-refractivity contribution in [1.82, 2.24) is 4.57 Å². The molecule has 30 heavy (non-hydrogen) atoms. The Morgan fingerprint density at radius 1 is 1.30 bits per heavy atom. The first-order chi connectivity index (χ1) is 14.5. The lowest BCUT2D eigenvalue weighted by Gasteiger charge is -2.16. The highest BCUT2D eigenvalue weighted by atomic mass is 35.5. The molecule has 1 aromatic heterocycles. The van der Waals surface area contributed by atoms with Gasteiger partial charge in [-0.2, -0.15) is 0 Å². The number of fused-ring (bicyclic) bond motifs is 3. The van der Waals surface area contributed by atoms with Crippen LogP contribution in [0.25, 0.3) is 10.9 Å². The third-order valence-electron chi connectivity index (χ3n) is 4.97. The molecule has 0 spiro atoms. The number of nitrogens with zero attached hydrogens (tertiary/aromatic N) is 2. The first-order valence-corrected chi connectivity index (χ1v) is 9.94. The van der Waals surface area contributed by atoms with Gasteiger partial charge in [-0.15, -0.1) is 0 Å². The molecule has 2 aromatic carbocycles. The first-order valence-electron chi connectivity index (χ1n) is 9.56. The highest BCUT2D eigenvalue weighted by molar-refractivity contribution is 6.31. The van der Waals surface area contributed by atoms with E-state index in [1.54, 1.807) is 13.1 Å². The smallest absolute Gasteiger partial charge is 0.330 e. The highest BCUT2D eigenvalue weighted by Crippen LogP contribution is 2.34. The van der Waals surface area contributed by atoms with Crippen LogP contribution in [0.4, 0.5) is 14.9 Å². The summed E-state index contributed by atoms with van der Waals surface area (Å²) in [6, 6.07) is 10.9. The Hall–Kier alpha value is -3.19. The van der Waals surface area contributed by atoms with Crippen LogP contribution in [0, 0.1) is 5.82 Å². The predicted molar refractivity (Wildman–Crippen MR) is 114 cm³/mol. The summed E-state index contributed by atoms with van der Waals surface area (Å²) in [5.74, 6) is -1.85. The van der Waals surface area contributed by atoms with Gasteiger partial charge in [-0.25, -0.2) is 9.18 Å². The zero-order valence-corrected chi connectivity index (χ0v) is 16.9. The molecule has 0 aliphatic carbocycles. The second-order valence-electron chi connectivity index (χ2n) is 6.81. The number of hydrogen-bond acceptors (Lipinski definition) is 4. The van der Waals surface area contributed by atoms with E-state index >= 15 is 0 Å². The lowest BCUT2D eigenvalue weighted by molar-refractivity contribution is -0.143. The highest BCUT2D eigenvalue weighted by Gasteiger charge is 2.32. The van der Waals surface area contributed by atoms with E-state index in [9.17, 15) is 14.0 Å². The third-order valence-corrected chi connectivity index (χ3v) is 5.26. The summed E-state index contributed by atoms with van der Waals surface area (Å²) in [7, 11) is 0. The summed E-state index contributed by atoms with van der Waals surface area (Å²) < 4.78 is 20.2. The minimum Gasteiger partial charge on any atom is -0.465 e. The Morgan fingerprint density at radius 3 is 2.87 bits per heavy atom. The van der Waals surface area contributed by atoms with Gasteiger partial charge in [0.25, 0.3) is 0 Å². The van der Waals surface area contributed by atoms with Gasteiger partial charge in [-0.3, -0.25) is 14.4 Å². The summed E-state index contributed by atoms with van der Waals surface area (Å²) in [5, 5.41) is 3.52. The maximum atomic E-state index is 13.5. The van der Waals surface area contributed by atoms with Gasteiger partial charge in [-0.05, 0) is 43.2 Å². The minimum atomic E-state index is -0.808. The molecule has 0 radical (unpaired) electrons.